The molecule has 0 spiro atoms. The number of pyridine rings is 1. The Balaban J connectivity index is 2.59. The molecule has 2 N–H and O–H groups in total. The van der Waals surface area contributed by atoms with Crippen molar-refractivity contribution >= 4 is 5.69 Å². The van der Waals surface area contributed by atoms with Gasteiger partial charge in [0.2, 0.25) is 0 Å². The van der Waals surface area contributed by atoms with E-state index in [2.05, 4.69) is 26.9 Å². The minimum atomic E-state index is 0.371. The van der Waals surface area contributed by atoms with E-state index in [1.807, 2.05) is 0 Å². The van der Waals surface area contributed by atoms with Gasteiger partial charge in [-0.15, -0.1) is 0 Å². The van der Waals surface area contributed by atoms with Gasteiger partial charge in [-0.05, 0) is 23.6 Å². The van der Waals surface area contributed by atoms with Gasteiger partial charge in [0.05, 0.1) is 5.69 Å². The van der Waals surface area contributed by atoms with Crippen molar-refractivity contribution in [2.75, 3.05) is 12.3 Å². The van der Waals surface area contributed by atoms with Crippen LogP contribution in [-0.4, -0.2) is 11.5 Å². The highest BCUT2D eigenvalue weighted by atomic mass is 15.1. The third-order valence-corrected chi connectivity index (χ3v) is 1.45. The molecule has 1 aromatic heterocycles. The highest BCUT2D eigenvalue weighted by molar-refractivity contribution is 5.50. The van der Waals surface area contributed by atoms with Crippen molar-refractivity contribution in [3.63, 3.8) is 0 Å². The monoisotopic (exact) mass is 187 g/mol. The Bertz CT molecular complexity index is 409. The molecule has 0 fully saturated rings. The van der Waals surface area contributed by atoms with Crippen LogP contribution in [0.1, 0.15) is 12.1 Å². The largest absolute Gasteiger partial charge is 0.396 e. The molecule has 1 aromatic rings. The molecule has 0 aromatic carbocycles. The van der Waals surface area contributed by atoms with Gasteiger partial charge in [-0.2, -0.15) is 0 Å². The van der Waals surface area contributed by atoms with Gasteiger partial charge in [-0.3, -0.25) is 0 Å². The Morgan fingerprint density at radius 3 is 3.21 bits per heavy atom. The Morgan fingerprint density at radius 1 is 1.64 bits per heavy atom. The Morgan fingerprint density at radius 2 is 2.50 bits per heavy atom. The number of azide groups is 1. The molecule has 1 heterocycles. The third-order valence-electron chi connectivity index (χ3n) is 1.45. The predicted octanol–water partition coefficient (Wildman–Crippen LogP) is 1.72. The van der Waals surface area contributed by atoms with Crippen LogP contribution in [0, 0.1) is 11.8 Å². The first-order chi connectivity index (χ1) is 6.84. The molecule has 0 saturated carbocycles. The summed E-state index contributed by atoms with van der Waals surface area (Å²) in [6.07, 6.45) is 2.15. The molecule has 14 heavy (non-hydrogen) atoms. The van der Waals surface area contributed by atoms with Gasteiger partial charge in [0.25, 0.3) is 0 Å². The number of nitrogen functional groups attached to an aromatic ring is 1. The zero-order valence-corrected chi connectivity index (χ0v) is 7.51. The fraction of sp³-hybridized carbons (Fsp3) is 0.222. The minimum Gasteiger partial charge on any atom is -0.396 e. The standard InChI is InChI=1S/C9H9N5/c10-8-4-3-6-12-9(8)5-1-2-7-13-14-11/h3-4,6H,2,7,10H2. The van der Waals surface area contributed by atoms with Gasteiger partial charge in [0, 0.05) is 24.1 Å². The van der Waals surface area contributed by atoms with Crippen LogP contribution in [0.15, 0.2) is 23.4 Å². The summed E-state index contributed by atoms with van der Waals surface area (Å²) in [7, 11) is 0. The highest BCUT2D eigenvalue weighted by Gasteiger charge is 1.91. The molecule has 5 heteroatoms. The van der Waals surface area contributed by atoms with E-state index in [0.29, 0.717) is 24.3 Å². The fourth-order valence-electron chi connectivity index (χ4n) is 0.819. The summed E-state index contributed by atoms with van der Waals surface area (Å²) in [5.74, 6) is 5.62. The molecule has 0 radical (unpaired) electrons. The summed E-state index contributed by atoms with van der Waals surface area (Å²) in [6, 6.07) is 3.49. The summed E-state index contributed by atoms with van der Waals surface area (Å²) in [6.45, 7) is 0.371. The molecule has 0 unspecified atom stereocenters. The van der Waals surface area contributed by atoms with Crippen LogP contribution in [0.3, 0.4) is 0 Å². The fourth-order valence-corrected chi connectivity index (χ4v) is 0.819. The van der Waals surface area contributed by atoms with Gasteiger partial charge < -0.3 is 5.73 Å². The molecule has 0 aliphatic heterocycles. The predicted molar refractivity (Wildman–Crippen MR) is 54.2 cm³/mol. The molecule has 1 rings (SSSR count). The lowest BCUT2D eigenvalue weighted by Crippen LogP contribution is -1.92. The zero-order valence-electron chi connectivity index (χ0n) is 7.51. The highest BCUT2D eigenvalue weighted by Crippen LogP contribution is 2.04. The number of rotatable bonds is 2. The van der Waals surface area contributed by atoms with Crippen LogP contribution >= 0.6 is 0 Å². The van der Waals surface area contributed by atoms with Crippen LogP contribution in [0.5, 0.6) is 0 Å². The lowest BCUT2D eigenvalue weighted by Gasteiger charge is -1.93. The number of anilines is 1. The second kappa shape index (κ2) is 5.46. The maximum atomic E-state index is 8.00. The Labute approximate surface area is 81.6 Å². The average Bonchev–Trinajstić information content (AvgIpc) is 2.20. The second-order valence-electron chi connectivity index (χ2n) is 2.45. The lowest BCUT2D eigenvalue weighted by atomic mass is 10.3. The quantitative estimate of drug-likeness (QED) is 0.251. The van der Waals surface area contributed by atoms with Crippen LogP contribution in [0.25, 0.3) is 10.4 Å². The normalized spacial score (nSPS) is 8.29. The zero-order chi connectivity index (χ0) is 10.2. The van der Waals surface area contributed by atoms with E-state index in [9.17, 15) is 0 Å². The van der Waals surface area contributed by atoms with E-state index in [4.69, 9.17) is 11.3 Å². The summed E-state index contributed by atoms with van der Waals surface area (Å²) in [5.41, 5.74) is 14.7. The lowest BCUT2D eigenvalue weighted by molar-refractivity contribution is 1.01. The van der Waals surface area contributed by atoms with Gasteiger partial charge in [0.1, 0.15) is 5.69 Å². The summed E-state index contributed by atoms with van der Waals surface area (Å²) in [4.78, 5) is 6.61. The van der Waals surface area contributed by atoms with E-state index in [1.165, 1.54) is 0 Å². The van der Waals surface area contributed by atoms with Crippen molar-refractivity contribution in [2.45, 2.75) is 6.42 Å². The molecule has 5 nitrogen and oxygen atoms in total. The summed E-state index contributed by atoms with van der Waals surface area (Å²) < 4.78 is 0. The van der Waals surface area contributed by atoms with Crippen LogP contribution in [-0.2, 0) is 0 Å². The first-order valence-corrected chi connectivity index (χ1v) is 4.05. The van der Waals surface area contributed by atoms with Crippen molar-refractivity contribution in [3.05, 3.63) is 34.5 Å². The third kappa shape index (κ3) is 3.05. The topological polar surface area (TPSA) is 87.7 Å². The molecule has 0 amide bonds. The smallest absolute Gasteiger partial charge is 0.136 e. The Kier molecular flexibility index (Phi) is 3.86. The van der Waals surface area contributed by atoms with Crippen molar-refractivity contribution < 1.29 is 0 Å². The van der Waals surface area contributed by atoms with Crippen molar-refractivity contribution in [2.24, 2.45) is 5.11 Å². The van der Waals surface area contributed by atoms with Crippen LogP contribution < -0.4 is 5.73 Å². The van der Waals surface area contributed by atoms with Crippen molar-refractivity contribution in [1.82, 2.24) is 4.98 Å². The van der Waals surface area contributed by atoms with Crippen LogP contribution in [0.2, 0.25) is 0 Å². The number of hydrogen-bond acceptors (Lipinski definition) is 3. The Hall–Kier alpha value is -2.18. The number of aromatic nitrogens is 1. The summed E-state index contributed by atoms with van der Waals surface area (Å²) >= 11 is 0. The number of nitrogens with zero attached hydrogens (tertiary/aromatic N) is 4. The first kappa shape index (κ1) is 9.90. The number of hydrogen-bond donors (Lipinski definition) is 1. The molecule has 0 saturated heterocycles. The van der Waals surface area contributed by atoms with Gasteiger partial charge >= 0.3 is 0 Å². The molecular formula is C9H9N5. The molecule has 0 atom stereocenters. The second-order valence-corrected chi connectivity index (χ2v) is 2.45. The molecule has 70 valence electrons. The number of nitrogens with two attached hydrogens (primary N) is 1. The van der Waals surface area contributed by atoms with E-state index >= 15 is 0 Å². The van der Waals surface area contributed by atoms with E-state index in [-0.39, 0.29) is 0 Å². The minimum absolute atomic E-state index is 0.371. The molecule has 0 aliphatic carbocycles. The summed E-state index contributed by atoms with van der Waals surface area (Å²) in [5, 5.41) is 3.35. The van der Waals surface area contributed by atoms with E-state index in [0.717, 1.165) is 0 Å². The van der Waals surface area contributed by atoms with E-state index < -0.39 is 0 Å². The first-order valence-electron chi connectivity index (χ1n) is 4.05. The SMILES string of the molecule is [N-]=[N+]=NCCC#Cc1ncccc1N. The van der Waals surface area contributed by atoms with E-state index in [1.54, 1.807) is 18.3 Å². The maximum Gasteiger partial charge on any atom is 0.136 e. The van der Waals surface area contributed by atoms with Gasteiger partial charge in [0.15, 0.2) is 0 Å². The van der Waals surface area contributed by atoms with Gasteiger partial charge in [-0.1, -0.05) is 11.0 Å². The molecule has 0 aliphatic rings. The van der Waals surface area contributed by atoms with Crippen LogP contribution in [0.4, 0.5) is 5.69 Å². The van der Waals surface area contributed by atoms with Crippen molar-refractivity contribution in [1.29, 1.82) is 0 Å². The maximum absolute atomic E-state index is 8.00. The van der Waals surface area contributed by atoms with Gasteiger partial charge in [-0.25, -0.2) is 4.98 Å². The molecular weight excluding hydrogens is 178 g/mol. The average molecular weight is 187 g/mol. The molecule has 0 bridgehead atoms. The van der Waals surface area contributed by atoms with Crippen molar-refractivity contribution in [3.8, 4) is 11.8 Å².